The summed E-state index contributed by atoms with van der Waals surface area (Å²) in [5, 5.41) is 0. The molecule has 0 spiro atoms. The summed E-state index contributed by atoms with van der Waals surface area (Å²) >= 11 is 0. The molecule has 1 nitrogen and oxygen atoms in total. The standard InChI is InChI=1S/C22H26O/c1-3-7-17(8-4-1)15-21(19-11-12-19)23-22(20-13-14-20)16-18-9-5-2-6-10-18/h1-10,19-22H,11-16H2. The highest BCUT2D eigenvalue weighted by Crippen LogP contribution is 2.41. The SMILES string of the molecule is c1ccc(CC(OC(Cc2ccccc2)C2CC2)C2CC2)cc1. The Kier molecular flexibility index (Phi) is 4.48. The third-order valence-corrected chi connectivity index (χ3v) is 5.20. The van der Waals surface area contributed by atoms with E-state index in [1.165, 1.54) is 36.8 Å². The molecule has 120 valence electrons. The lowest BCUT2D eigenvalue weighted by atomic mass is 10.0. The first-order chi connectivity index (χ1) is 11.4. The highest BCUT2D eigenvalue weighted by atomic mass is 16.5. The van der Waals surface area contributed by atoms with Crippen molar-refractivity contribution in [1.29, 1.82) is 0 Å². The smallest absolute Gasteiger partial charge is 0.0647 e. The number of benzene rings is 2. The predicted octanol–water partition coefficient (Wildman–Crippen LogP) is 5.05. The molecule has 2 aromatic rings. The molecule has 1 heteroatoms. The summed E-state index contributed by atoms with van der Waals surface area (Å²) in [4.78, 5) is 0. The van der Waals surface area contributed by atoms with Crippen LogP contribution in [0.3, 0.4) is 0 Å². The second-order valence-electron chi connectivity index (χ2n) is 7.27. The van der Waals surface area contributed by atoms with Gasteiger partial charge in [0.1, 0.15) is 0 Å². The number of ether oxygens (including phenoxy) is 1. The van der Waals surface area contributed by atoms with Crippen molar-refractivity contribution in [1.82, 2.24) is 0 Å². The van der Waals surface area contributed by atoms with Crippen LogP contribution in [0.5, 0.6) is 0 Å². The molecule has 0 radical (unpaired) electrons. The van der Waals surface area contributed by atoms with Crippen molar-refractivity contribution in [2.45, 2.75) is 50.7 Å². The topological polar surface area (TPSA) is 9.23 Å². The molecule has 4 rings (SSSR count). The van der Waals surface area contributed by atoms with E-state index in [-0.39, 0.29) is 0 Å². The Morgan fingerprint density at radius 1 is 0.652 bits per heavy atom. The molecule has 0 bridgehead atoms. The summed E-state index contributed by atoms with van der Waals surface area (Å²) in [6.07, 6.45) is 8.35. The lowest BCUT2D eigenvalue weighted by Crippen LogP contribution is -2.29. The average Bonchev–Trinajstić information content (AvgIpc) is 3.49. The van der Waals surface area contributed by atoms with E-state index in [1.54, 1.807) is 0 Å². The molecule has 2 saturated carbocycles. The van der Waals surface area contributed by atoms with E-state index in [2.05, 4.69) is 60.7 Å². The fourth-order valence-corrected chi connectivity index (χ4v) is 3.51. The lowest BCUT2D eigenvalue weighted by molar-refractivity contribution is -0.0337. The van der Waals surface area contributed by atoms with Gasteiger partial charge in [-0.2, -0.15) is 0 Å². The van der Waals surface area contributed by atoms with Gasteiger partial charge in [0.15, 0.2) is 0 Å². The fraction of sp³-hybridized carbons (Fsp3) is 0.455. The molecular weight excluding hydrogens is 280 g/mol. The van der Waals surface area contributed by atoms with Gasteiger partial charge in [-0.05, 0) is 61.5 Å². The van der Waals surface area contributed by atoms with Gasteiger partial charge < -0.3 is 4.74 Å². The maximum Gasteiger partial charge on any atom is 0.0647 e. The first kappa shape index (κ1) is 15.0. The van der Waals surface area contributed by atoms with Crippen LogP contribution in [0.15, 0.2) is 60.7 Å². The Morgan fingerprint density at radius 3 is 1.39 bits per heavy atom. The minimum atomic E-state index is 0.409. The molecule has 2 aliphatic rings. The Labute approximate surface area is 139 Å². The quantitative estimate of drug-likeness (QED) is 0.663. The molecule has 2 atom stereocenters. The van der Waals surface area contributed by atoms with Crippen LogP contribution in [-0.4, -0.2) is 12.2 Å². The van der Waals surface area contributed by atoms with Crippen LogP contribution in [0.25, 0.3) is 0 Å². The fourth-order valence-electron chi connectivity index (χ4n) is 3.51. The second kappa shape index (κ2) is 6.88. The lowest BCUT2D eigenvalue weighted by Gasteiger charge is -2.25. The van der Waals surface area contributed by atoms with Gasteiger partial charge >= 0.3 is 0 Å². The van der Waals surface area contributed by atoms with Gasteiger partial charge in [-0.3, -0.25) is 0 Å². The zero-order valence-electron chi connectivity index (χ0n) is 13.7. The summed E-state index contributed by atoms with van der Waals surface area (Å²) in [6.45, 7) is 0. The van der Waals surface area contributed by atoms with Crippen LogP contribution in [0, 0.1) is 11.8 Å². The van der Waals surface area contributed by atoms with E-state index in [1.807, 2.05) is 0 Å². The average molecular weight is 306 g/mol. The van der Waals surface area contributed by atoms with E-state index in [9.17, 15) is 0 Å². The third-order valence-electron chi connectivity index (χ3n) is 5.20. The zero-order chi connectivity index (χ0) is 15.5. The van der Waals surface area contributed by atoms with Crippen LogP contribution in [0.2, 0.25) is 0 Å². The molecule has 2 unspecified atom stereocenters. The summed E-state index contributed by atoms with van der Waals surface area (Å²) in [5.41, 5.74) is 2.83. The number of hydrogen-bond acceptors (Lipinski definition) is 1. The minimum absolute atomic E-state index is 0.409. The molecule has 0 amide bonds. The Balaban J connectivity index is 1.43. The highest BCUT2D eigenvalue weighted by molar-refractivity contribution is 5.18. The van der Waals surface area contributed by atoms with Gasteiger partial charge in [-0.15, -0.1) is 0 Å². The van der Waals surface area contributed by atoms with E-state index in [0.29, 0.717) is 12.2 Å². The minimum Gasteiger partial charge on any atom is -0.374 e. The Bertz CT molecular complexity index is 543. The molecule has 0 N–H and O–H groups in total. The molecule has 0 saturated heterocycles. The largest absolute Gasteiger partial charge is 0.374 e. The van der Waals surface area contributed by atoms with Crippen LogP contribution in [-0.2, 0) is 17.6 Å². The van der Waals surface area contributed by atoms with Gasteiger partial charge in [0, 0.05) is 0 Å². The molecule has 2 aromatic carbocycles. The van der Waals surface area contributed by atoms with Crippen molar-refractivity contribution in [3.63, 3.8) is 0 Å². The Hall–Kier alpha value is -1.60. The first-order valence-corrected chi connectivity index (χ1v) is 9.12. The molecule has 2 aliphatic carbocycles. The molecule has 0 heterocycles. The first-order valence-electron chi connectivity index (χ1n) is 9.12. The van der Waals surface area contributed by atoms with E-state index in [4.69, 9.17) is 4.74 Å². The van der Waals surface area contributed by atoms with Crippen molar-refractivity contribution < 1.29 is 4.74 Å². The van der Waals surface area contributed by atoms with Crippen molar-refractivity contribution >= 4 is 0 Å². The third kappa shape index (κ3) is 4.23. The maximum absolute atomic E-state index is 6.71. The highest BCUT2D eigenvalue weighted by Gasteiger charge is 2.38. The van der Waals surface area contributed by atoms with Gasteiger partial charge in [-0.1, -0.05) is 60.7 Å². The summed E-state index contributed by atoms with van der Waals surface area (Å²) < 4.78 is 6.71. The zero-order valence-corrected chi connectivity index (χ0v) is 13.7. The number of hydrogen-bond donors (Lipinski definition) is 0. The van der Waals surface area contributed by atoms with Crippen LogP contribution in [0.1, 0.15) is 36.8 Å². The number of rotatable bonds is 8. The van der Waals surface area contributed by atoms with Crippen LogP contribution in [0.4, 0.5) is 0 Å². The normalized spacial score (nSPS) is 20.2. The van der Waals surface area contributed by atoms with Gasteiger partial charge in [0.05, 0.1) is 12.2 Å². The predicted molar refractivity (Wildman–Crippen MR) is 94.4 cm³/mol. The summed E-state index contributed by atoms with van der Waals surface area (Å²) in [6, 6.07) is 21.7. The van der Waals surface area contributed by atoms with Crippen molar-refractivity contribution in [2.75, 3.05) is 0 Å². The monoisotopic (exact) mass is 306 g/mol. The van der Waals surface area contributed by atoms with E-state index in [0.717, 1.165) is 24.7 Å². The molecular formula is C22H26O. The molecule has 0 aromatic heterocycles. The molecule has 2 fully saturated rings. The van der Waals surface area contributed by atoms with E-state index >= 15 is 0 Å². The van der Waals surface area contributed by atoms with Gasteiger partial charge in [0.2, 0.25) is 0 Å². The van der Waals surface area contributed by atoms with E-state index < -0.39 is 0 Å². The van der Waals surface area contributed by atoms with Crippen molar-refractivity contribution in [2.24, 2.45) is 11.8 Å². The summed E-state index contributed by atoms with van der Waals surface area (Å²) in [5.74, 6) is 1.57. The van der Waals surface area contributed by atoms with Crippen molar-refractivity contribution in [3.8, 4) is 0 Å². The van der Waals surface area contributed by atoms with Gasteiger partial charge in [0.25, 0.3) is 0 Å². The molecule has 0 aliphatic heterocycles. The van der Waals surface area contributed by atoms with Crippen molar-refractivity contribution in [3.05, 3.63) is 71.8 Å². The van der Waals surface area contributed by atoms with Gasteiger partial charge in [-0.25, -0.2) is 0 Å². The van der Waals surface area contributed by atoms with Crippen LogP contribution >= 0.6 is 0 Å². The Morgan fingerprint density at radius 2 is 1.04 bits per heavy atom. The second-order valence-corrected chi connectivity index (χ2v) is 7.27. The summed E-state index contributed by atoms with van der Waals surface area (Å²) in [7, 11) is 0. The molecule has 23 heavy (non-hydrogen) atoms. The maximum atomic E-state index is 6.71. The van der Waals surface area contributed by atoms with Crippen LogP contribution < -0.4 is 0 Å².